The van der Waals surface area contributed by atoms with Gasteiger partial charge in [-0.2, -0.15) is 4.98 Å². The SMILES string of the molecule is COc1cccc(N2CCNCC2=O)n1. The average molecular weight is 207 g/mol. The van der Waals surface area contributed by atoms with Crippen LogP contribution in [0.4, 0.5) is 5.82 Å². The Morgan fingerprint density at radius 2 is 2.40 bits per heavy atom. The quantitative estimate of drug-likeness (QED) is 0.743. The van der Waals surface area contributed by atoms with Crippen LogP contribution in [-0.4, -0.2) is 37.6 Å². The van der Waals surface area contributed by atoms with Gasteiger partial charge >= 0.3 is 0 Å². The van der Waals surface area contributed by atoms with Gasteiger partial charge in [0.05, 0.1) is 13.7 Å². The molecule has 1 aliphatic rings. The normalized spacial score (nSPS) is 16.6. The molecular weight excluding hydrogens is 194 g/mol. The second-order valence-corrected chi connectivity index (χ2v) is 3.26. The Hall–Kier alpha value is -1.62. The summed E-state index contributed by atoms with van der Waals surface area (Å²) in [5.41, 5.74) is 0. The molecule has 5 nitrogen and oxygen atoms in total. The summed E-state index contributed by atoms with van der Waals surface area (Å²) in [6.07, 6.45) is 0. The number of methoxy groups -OCH3 is 1. The van der Waals surface area contributed by atoms with Crippen molar-refractivity contribution in [1.82, 2.24) is 10.3 Å². The molecule has 2 heterocycles. The number of rotatable bonds is 2. The minimum Gasteiger partial charge on any atom is -0.481 e. The van der Waals surface area contributed by atoms with Crippen LogP contribution < -0.4 is 15.0 Å². The maximum absolute atomic E-state index is 11.6. The smallest absolute Gasteiger partial charge is 0.242 e. The molecule has 0 bridgehead atoms. The lowest BCUT2D eigenvalue weighted by Gasteiger charge is -2.26. The second kappa shape index (κ2) is 4.27. The van der Waals surface area contributed by atoms with Crippen molar-refractivity contribution in [3.63, 3.8) is 0 Å². The van der Waals surface area contributed by atoms with Crippen molar-refractivity contribution in [2.45, 2.75) is 0 Å². The Kier molecular flexibility index (Phi) is 2.82. The first-order valence-electron chi connectivity index (χ1n) is 4.83. The van der Waals surface area contributed by atoms with E-state index in [2.05, 4.69) is 10.3 Å². The fourth-order valence-electron chi connectivity index (χ4n) is 1.52. The summed E-state index contributed by atoms with van der Waals surface area (Å²) < 4.78 is 5.02. The zero-order valence-corrected chi connectivity index (χ0v) is 8.56. The van der Waals surface area contributed by atoms with E-state index in [1.165, 1.54) is 0 Å². The number of hydrogen-bond acceptors (Lipinski definition) is 4. The van der Waals surface area contributed by atoms with Gasteiger partial charge < -0.3 is 10.1 Å². The van der Waals surface area contributed by atoms with Crippen LogP contribution in [0.3, 0.4) is 0 Å². The number of nitrogens with one attached hydrogen (secondary N) is 1. The number of piperazine rings is 1. The van der Waals surface area contributed by atoms with Gasteiger partial charge in [-0.1, -0.05) is 6.07 Å². The zero-order valence-electron chi connectivity index (χ0n) is 8.56. The Morgan fingerprint density at radius 1 is 1.53 bits per heavy atom. The van der Waals surface area contributed by atoms with Gasteiger partial charge in [0.25, 0.3) is 0 Å². The third kappa shape index (κ3) is 2.07. The minimum absolute atomic E-state index is 0.0435. The number of hydrogen-bond donors (Lipinski definition) is 1. The molecule has 80 valence electrons. The number of pyridine rings is 1. The lowest BCUT2D eigenvalue weighted by Crippen LogP contribution is -2.48. The van der Waals surface area contributed by atoms with Crippen LogP contribution in [0.1, 0.15) is 0 Å². The summed E-state index contributed by atoms with van der Waals surface area (Å²) >= 11 is 0. The van der Waals surface area contributed by atoms with E-state index < -0.39 is 0 Å². The van der Waals surface area contributed by atoms with Crippen molar-refractivity contribution < 1.29 is 9.53 Å². The maximum atomic E-state index is 11.6. The predicted molar refractivity (Wildman–Crippen MR) is 56.0 cm³/mol. The van der Waals surface area contributed by atoms with Crippen LogP contribution >= 0.6 is 0 Å². The van der Waals surface area contributed by atoms with E-state index in [0.29, 0.717) is 24.8 Å². The summed E-state index contributed by atoms with van der Waals surface area (Å²) in [6, 6.07) is 5.40. The van der Waals surface area contributed by atoms with Gasteiger partial charge in [0, 0.05) is 19.2 Å². The Morgan fingerprint density at radius 3 is 3.13 bits per heavy atom. The van der Waals surface area contributed by atoms with E-state index in [4.69, 9.17) is 4.74 Å². The highest BCUT2D eigenvalue weighted by Crippen LogP contribution is 2.16. The van der Waals surface area contributed by atoms with Crippen LogP contribution in [0.5, 0.6) is 5.88 Å². The van der Waals surface area contributed by atoms with Crippen LogP contribution in [0.15, 0.2) is 18.2 Å². The van der Waals surface area contributed by atoms with Crippen molar-refractivity contribution >= 4 is 11.7 Å². The van der Waals surface area contributed by atoms with E-state index >= 15 is 0 Å². The molecule has 1 aliphatic heterocycles. The molecule has 0 spiro atoms. The number of carbonyl (C=O) groups is 1. The lowest BCUT2D eigenvalue weighted by molar-refractivity contribution is -0.118. The van der Waals surface area contributed by atoms with E-state index in [1.807, 2.05) is 12.1 Å². The molecule has 1 amide bonds. The van der Waals surface area contributed by atoms with Gasteiger partial charge in [0.15, 0.2) is 0 Å². The number of aromatic nitrogens is 1. The molecule has 0 unspecified atom stereocenters. The monoisotopic (exact) mass is 207 g/mol. The number of anilines is 1. The topological polar surface area (TPSA) is 54.5 Å². The zero-order chi connectivity index (χ0) is 10.7. The van der Waals surface area contributed by atoms with Gasteiger partial charge in [-0.05, 0) is 6.07 Å². The van der Waals surface area contributed by atoms with Gasteiger partial charge in [-0.15, -0.1) is 0 Å². The predicted octanol–water partition coefficient (Wildman–Crippen LogP) is 0.0264. The first kappa shape index (κ1) is 9.92. The Labute approximate surface area is 88.1 Å². The van der Waals surface area contributed by atoms with Crippen LogP contribution in [0.2, 0.25) is 0 Å². The molecule has 1 aromatic heterocycles. The van der Waals surface area contributed by atoms with E-state index in [1.54, 1.807) is 18.1 Å². The molecule has 0 saturated carbocycles. The fraction of sp³-hybridized carbons (Fsp3) is 0.400. The minimum atomic E-state index is 0.0435. The molecule has 0 radical (unpaired) electrons. The van der Waals surface area contributed by atoms with Crippen LogP contribution in [0.25, 0.3) is 0 Å². The lowest BCUT2D eigenvalue weighted by atomic mass is 10.3. The largest absolute Gasteiger partial charge is 0.481 e. The van der Waals surface area contributed by atoms with E-state index in [9.17, 15) is 4.79 Å². The standard InChI is InChI=1S/C10H13N3O2/c1-15-9-4-2-3-8(12-9)13-6-5-11-7-10(13)14/h2-4,11H,5-7H2,1H3. The molecule has 1 N–H and O–H groups in total. The summed E-state index contributed by atoms with van der Waals surface area (Å²) in [5.74, 6) is 1.22. The van der Waals surface area contributed by atoms with Crippen LogP contribution in [0, 0.1) is 0 Å². The molecule has 0 aliphatic carbocycles. The fourth-order valence-corrected chi connectivity index (χ4v) is 1.52. The molecule has 2 rings (SSSR count). The molecule has 1 fully saturated rings. The second-order valence-electron chi connectivity index (χ2n) is 3.26. The van der Waals surface area contributed by atoms with Gasteiger partial charge in [-0.25, -0.2) is 0 Å². The number of ether oxygens (including phenoxy) is 1. The molecule has 1 aromatic rings. The number of nitrogens with zero attached hydrogens (tertiary/aromatic N) is 2. The molecule has 5 heteroatoms. The average Bonchev–Trinajstić information content (AvgIpc) is 2.30. The number of carbonyl (C=O) groups excluding carboxylic acids is 1. The first-order valence-corrected chi connectivity index (χ1v) is 4.83. The molecule has 0 atom stereocenters. The molecule has 15 heavy (non-hydrogen) atoms. The molecule has 1 saturated heterocycles. The Bertz CT molecular complexity index is 367. The third-order valence-electron chi connectivity index (χ3n) is 2.28. The number of amides is 1. The third-order valence-corrected chi connectivity index (χ3v) is 2.28. The van der Waals surface area contributed by atoms with Gasteiger partial charge in [0.1, 0.15) is 5.82 Å². The van der Waals surface area contributed by atoms with E-state index in [-0.39, 0.29) is 5.91 Å². The summed E-state index contributed by atoms with van der Waals surface area (Å²) in [5, 5.41) is 3.01. The van der Waals surface area contributed by atoms with E-state index in [0.717, 1.165) is 6.54 Å². The van der Waals surface area contributed by atoms with Crippen molar-refractivity contribution in [2.24, 2.45) is 0 Å². The highest BCUT2D eigenvalue weighted by atomic mass is 16.5. The molecule has 0 aromatic carbocycles. The van der Waals surface area contributed by atoms with Crippen LogP contribution in [-0.2, 0) is 4.79 Å². The highest BCUT2D eigenvalue weighted by Gasteiger charge is 2.20. The van der Waals surface area contributed by atoms with Crippen molar-refractivity contribution in [3.05, 3.63) is 18.2 Å². The highest BCUT2D eigenvalue weighted by molar-refractivity contribution is 5.94. The summed E-state index contributed by atoms with van der Waals surface area (Å²) in [7, 11) is 1.56. The van der Waals surface area contributed by atoms with Gasteiger partial charge in [0.2, 0.25) is 11.8 Å². The summed E-state index contributed by atoms with van der Waals surface area (Å²) in [6.45, 7) is 1.82. The van der Waals surface area contributed by atoms with Gasteiger partial charge in [-0.3, -0.25) is 9.69 Å². The van der Waals surface area contributed by atoms with Crippen molar-refractivity contribution in [3.8, 4) is 5.88 Å². The van der Waals surface area contributed by atoms with Crippen molar-refractivity contribution in [1.29, 1.82) is 0 Å². The molecular formula is C10H13N3O2. The Balaban J connectivity index is 2.23. The maximum Gasteiger partial charge on any atom is 0.242 e. The van der Waals surface area contributed by atoms with Crippen molar-refractivity contribution in [2.75, 3.05) is 31.6 Å². The first-order chi connectivity index (χ1) is 7.31. The summed E-state index contributed by atoms with van der Waals surface area (Å²) in [4.78, 5) is 17.5.